The number of rotatable bonds is 6. The second-order valence-electron chi connectivity index (χ2n) is 8.57. The van der Waals surface area contributed by atoms with Gasteiger partial charge in [-0.05, 0) is 25.7 Å². The number of anilines is 2. The molecule has 1 saturated heterocycles. The molecule has 0 radical (unpaired) electrons. The Morgan fingerprint density at radius 1 is 1.29 bits per heavy atom. The van der Waals surface area contributed by atoms with E-state index in [1.54, 1.807) is 6.92 Å². The number of ether oxygens (including phenoxy) is 1. The Hall–Kier alpha value is -2.17. The molecule has 0 amide bonds. The maximum atomic E-state index is 14.9. The number of ketones is 1. The summed E-state index contributed by atoms with van der Waals surface area (Å²) in [7, 11) is 0. The monoisotopic (exact) mass is 448 g/mol. The van der Waals surface area contributed by atoms with Gasteiger partial charge in [0.15, 0.2) is 11.6 Å². The van der Waals surface area contributed by atoms with E-state index < -0.39 is 36.6 Å². The molecule has 2 atom stereocenters. The van der Waals surface area contributed by atoms with Crippen molar-refractivity contribution in [3.05, 3.63) is 16.2 Å². The van der Waals surface area contributed by atoms with Crippen molar-refractivity contribution in [1.29, 1.82) is 0 Å². The number of aromatic nitrogens is 2. The van der Waals surface area contributed by atoms with Crippen LogP contribution in [-0.4, -0.2) is 59.9 Å². The minimum atomic E-state index is -4.62. The van der Waals surface area contributed by atoms with Crippen LogP contribution in [0.4, 0.5) is 29.3 Å². The van der Waals surface area contributed by atoms with Gasteiger partial charge in [-0.3, -0.25) is 14.2 Å². The molecule has 11 heteroatoms. The van der Waals surface area contributed by atoms with Gasteiger partial charge in [-0.2, -0.15) is 22.5 Å². The van der Waals surface area contributed by atoms with Crippen molar-refractivity contribution in [2.75, 3.05) is 36.1 Å². The highest BCUT2D eigenvalue weighted by molar-refractivity contribution is 5.83. The number of halogens is 4. The number of hydrogen-bond acceptors (Lipinski definition) is 6. The molecule has 0 saturated carbocycles. The number of fused-ring (bicyclic) bond motifs is 1. The summed E-state index contributed by atoms with van der Waals surface area (Å²) in [5, 5.41) is 0. The van der Waals surface area contributed by atoms with Gasteiger partial charge in [-0.1, -0.05) is 13.8 Å². The summed E-state index contributed by atoms with van der Waals surface area (Å²) in [5.74, 6) is -1.87. The van der Waals surface area contributed by atoms with Gasteiger partial charge < -0.3 is 14.5 Å². The summed E-state index contributed by atoms with van der Waals surface area (Å²) < 4.78 is 62.4. The zero-order chi connectivity index (χ0) is 22.9. The molecule has 1 aromatic heterocycles. The Bertz CT molecular complexity index is 871. The molecular weight excluding hydrogens is 420 g/mol. The number of carbonyl (C=O) groups is 1. The summed E-state index contributed by atoms with van der Waals surface area (Å²) in [6.45, 7) is 5.55. The fraction of sp³-hybridized carbons (Fsp3) is 0.750. The van der Waals surface area contributed by atoms with E-state index in [4.69, 9.17) is 4.74 Å². The Morgan fingerprint density at radius 3 is 2.61 bits per heavy atom. The molecule has 7 nitrogen and oxygen atoms in total. The predicted molar refractivity (Wildman–Crippen MR) is 107 cm³/mol. The van der Waals surface area contributed by atoms with Crippen molar-refractivity contribution < 1.29 is 27.1 Å². The topological polar surface area (TPSA) is 67.7 Å². The second-order valence-corrected chi connectivity index (χ2v) is 8.57. The molecule has 0 aromatic carbocycles. The molecule has 0 N–H and O–H groups in total. The van der Waals surface area contributed by atoms with Gasteiger partial charge >= 0.3 is 6.18 Å². The summed E-state index contributed by atoms with van der Waals surface area (Å²) >= 11 is 0. The first kappa shape index (κ1) is 23.5. The van der Waals surface area contributed by atoms with Gasteiger partial charge in [0, 0.05) is 19.5 Å². The molecule has 2 aliphatic rings. The number of Topliss-reactive ketones (excluding diaryl/α,β-unsaturated/α-hetero) is 1. The minimum absolute atomic E-state index is 0.123. The Kier molecular flexibility index (Phi) is 6.92. The predicted octanol–water partition coefficient (Wildman–Crippen LogP) is 2.75. The fourth-order valence-electron chi connectivity index (χ4n) is 3.95. The number of morpholine rings is 1. The molecule has 0 aliphatic carbocycles. The molecule has 3 rings (SSSR count). The standard InChI is InChI=1S/C20H28F4N4O3/c1-12(2)4-5-14(29)10-28-15(20(22,23)24)6-7-27-18(30)16(21)17(25-19(27)28)26-8-9-31-11-13(26)3/h12-13,15H,4-11H2,1-3H3/t13-,15+/m1/s1. The molecule has 1 fully saturated rings. The second kappa shape index (κ2) is 9.13. The van der Waals surface area contributed by atoms with Gasteiger partial charge in [0.05, 0.1) is 25.8 Å². The lowest BCUT2D eigenvalue weighted by molar-refractivity contribution is -0.153. The number of carbonyl (C=O) groups excluding carboxylic acids is 1. The molecule has 174 valence electrons. The zero-order valence-corrected chi connectivity index (χ0v) is 17.9. The van der Waals surface area contributed by atoms with E-state index in [0.29, 0.717) is 6.42 Å². The molecule has 3 heterocycles. The van der Waals surface area contributed by atoms with Gasteiger partial charge in [-0.15, -0.1) is 0 Å². The average molecular weight is 448 g/mol. The fourth-order valence-corrected chi connectivity index (χ4v) is 3.95. The maximum absolute atomic E-state index is 14.9. The maximum Gasteiger partial charge on any atom is 0.408 e. The van der Waals surface area contributed by atoms with Crippen LogP contribution >= 0.6 is 0 Å². The largest absolute Gasteiger partial charge is 0.408 e. The van der Waals surface area contributed by atoms with Crippen molar-refractivity contribution in [2.24, 2.45) is 5.92 Å². The summed E-state index contributed by atoms with van der Waals surface area (Å²) in [4.78, 5) is 31.7. The highest BCUT2D eigenvalue weighted by atomic mass is 19.4. The first-order chi connectivity index (χ1) is 14.5. The molecular formula is C20H28F4N4O3. The van der Waals surface area contributed by atoms with Gasteiger partial charge in [0.25, 0.3) is 5.56 Å². The molecule has 0 unspecified atom stereocenters. The van der Waals surface area contributed by atoms with E-state index in [1.807, 2.05) is 13.8 Å². The Morgan fingerprint density at radius 2 is 2.00 bits per heavy atom. The highest BCUT2D eigenvalue weighted by Gasteiger charge is 2.47. The Labute approximate surface area is 178 Å². The van der Waals surface area contributed by atoms with Crippen LogP contribution in [0.25, 0.3) is 0 Å². The Balaban J connectivity index is 2.04. The number of alkyl halides is 3. The lowest BCUT2D eigenvalue weighted by atomic mass is 10.0. The third-order valence-electron chi connectivity index (χ3n) is 5.70. The third-order valence-corrected chi connectivity index (χ3v) is 5.70. The van der Waals surface area contributed by atoms with Crippen LogP contribution in [0.15, 0.2) is 4.79 Å². The van der Waals surface area contributed by atoms with Crippen LogP contribution < -0.4 is 15.4 Å². The van der Waals surface area contributed by atoms with Gasteiger partial charge in [0.2, 0.25) is 11.8 Å². The average Bonchev–Trinajstić information content (AvgIpc) is 2.69. The van der Waals surface area contributed by atoms with Crippen LogP contribution in [0.2, 0.25) is 0 Å². The lowest BCUT2D eigenvalue weighted by Gasteiger charge is -2.40. The smallest absolute Gasteiger partial charge is 0.377 e. The van der Waals surface area contributed by atoms with E-state index >= 15 is 0 Å². The third kappa shape index (κ3) is 5.02. The minimum Gasteiger partial charge on any atom is -0.377 e. The molecule has 0 spiro atoms. The van der Waals surface area contributed by atoms with Crippen LogP contribution in [0.3, 0.4) is 0 Å². The summed E-state index contributed by atoms with van der Waals surface area (Å²) in [6.07, 6.45) is -4.41. The lowest BCUT2D eigenvalue weighted by Crippen LogP contribution is -2.55. The molecule has 2 aliphatic heterocycles. The number of hydrogen-bond donors (Lipinski definition) is 0. The van der Waals surface area contributed by atoms with E-state index in [2.05, 4.69) is 4.98 Å². The molecule has 31 heavy (non-hydrogen) atoms. The zero-order valence-electron chi connectivity index (χ0n) is 17.9. The van der Waals surface area contributed by atoms with Crippen molar-refractivity contribution >= 4 is 17.5 Å². The van der Waals surface area contributed by atoms with Crippen LogP contribution in [0.5, 0.6) is 0 Å². The normalized spacial score (nSPS) is 22.1. The number of nitrogens with zero attached hydrogens (tertiary/aromatic N) is 4. The summed E-state index contributed by atoms with van der Waals surface area (Å²) in [6, 6.07) is -2.27. The molecule has 0 bridgehead atoms. The quantitative estimate of drug-likeness (QED) is 0.624. The van der Waals surface area contributed by atoms with Crippen molar-refractivity contribution in [2.45, 2.75) is 64.8 Å². The van der Waals surface area contributed by atoms with E-state index in [1.165, 1.54) is 4.90 Å². The first-order valence-corrected chi connectivity index (χ1v) is 10.5. The van der Waals surface area contributed by atoms with Crippen molar-refractivity contribution in [3.8, 4) is 0 Å². The van der Waals surface area contributed by atoms with Crippen LogP contribution in [-0.2, 0) is 16.1 Å². The van der Waals surface area contributed by atoms with E-state index in [-0.39, 0.29) is 62.2 Å². The molecule has 1 aromatic rings. The van der Waals surface area contributed by atoms with Crippen molar-refractivity contribution in [1.82, 2.24) is 9.55 Å². The van der Waals surface area contributed by atoms with Crippen LogP contribution in [0, 0.1) is 11.7 Å². The first-order valence-electron chi connectivity index (χ1n) is 10.5. The van der Waals surface area contributed by atoms with E-state index in [9.17, 15) is 27.2 Å². The summed E-state index contributed by atoms with van der Waals surface area (Å²) in [5.41, 5.74) is -1.03. The van der Waals surface area contributed by atoms with Gasteiger partial charge in [-0.25, -0.2) is 0 Å². The SMILES string of the molecule is CC(C)CCC(=O)CN1c2nc(N3CCOC[C@H]3C)c(F)c(=O)n2CC[C@H]1C(F)(F)F. The highest BCUT2D eigenvalue weighted by Crippen LogP contribution is 2.35. The van der Waals surface area contributed by atoms with Gasteiger partial charge in [0.1, 0.15) is 6.04 Å². The van der Waals surface area contributed by atoms with Crippen molar-refractivity contribution in [3.63, 3.8) is 0 Å². The van der Waals surface area contributed by atoms with E-state index in [0.717, 1.165) is 9.47 Å². The van der Waals surface area contributed by atoms with Crippen LogP contribution in [0.1, 0.15) is 40.0 Å².